The molecule has 0 amide bonds. The fraction of sp³-hybridized carbons (Fsp3) is 0.786. The SMILES string of the molecule is CCc1nc(C2(NC)CC(C)OC(C)C2)sc1C. The highest BCUT2D eigenvalue weighted by molar-refractivity contribution is 7.11. The van der Waals surface area contributed by atoms with Crippen molar-refractivity contribution in [1.29, 1.82) is 0 Å². The van der Waals surface area contributed by atoms with Crippen LogP contribution in [0.5, 0.6) is 0 Å². The van der Waals surface area contributed by atoms with Gasteiger partial charge >= 0.3 is 0 Å². The molecule has 0 bridgehead atoms. The second-order valence-corrected chi connectivity index (χ2v) is 6.58. The second kappa shape index (κ2) is 5.27. The van der Waals surface area contributed by atoms with Crippen LogP contribution >= 0.6 is 11.3 Å². The molecule has 1 aromatic heterocycles. The van der Waals surface area contributed by atoms with Gasteiger partial charge in [-0.25, -0.2) is 4.98 Å². The first-order valence-electron chi connectivity index (χ1n) is 6.82. The van der Waals surface area contributed by atoms with Crippen molar-refractivity contribution >= 4 is 11.3 Å². The third-order valence-electron chi connectivity index (χ3n) is 3.85. The minimum Gasteiger partial charge on any atom is -0.375 e. The van der Waals surface area contributed by atoms with Gasteiger partial charge in [-0.3, -0.25) is 0 Å². The van der Waals surface area contributed by atoms with Gasteiger partial charge in [-0.05, 0) is 47.1 Å². The zero-order valence-corrected chi connectivity index (χ0v) is 12.9. The van der Waals surface area contributed by atoms with Gasteiger partial charge in [0.2, 0.25) is 0 Å². The lowest BCUT2D eigenvalue weighted by molar-refractivity contribution is -0.0696. The van der Waals surface area contributed by atoms with E-state index in [2.05, 4.69) is 33.0 Å². The predicted octanol–water partition coefficient (Wildman–Crippen LogP) is 3.02. The average Bonchev–Trinajstić information content (AvgIpc) is 2.69. The van der Waals surface area contributed by atoms with Crippen LogP contribution in [0.4, 0.5) is 0 Å². The predicted molar refractivity (Wildman–Crippen MR) is 76.2 cm³/mol. The molecule has 0 radical (unpaired) electrons. The minimum absolute atomic E-state index is 0.0000694. The molecule has 2 rings (SSSR count). The molecule has 2 heterocycles. The number of aromatic nitrogens is 1. The Kier molecular flexibility index (Phi) is 4.09. The largest absolute Gasteiger partial charge is 0.375 e. The van der Waals surface area contributed by atoms with Crippen LogP contribution in [0.25, 0.3) is 0 Å². The molecular weight excluding hydrogens is 244 g/mol. The molecule has 102 valence electrons. The van der Waals surface area contributed by atoms with Crippen molar-refractivity contribution in [2.45, 2.75) is 64.7 Å². The molecule has 18 heavy (non-hydrogen) atoms. The van der Waals surface area contributed by atoms with E-state index in [-0.39, 0.29) is 17.7 Å². The number of hydrogen-bond acceptors (Lipinski definition) is 4. The maximum Gasteiger partial charge on any atom is 0.113 e. The molecule has 1 N–H and O–H groups in total. The monoisotopic (exact) mass is 268 g/mol. The molecule has 1 fully saturated rings. The molecule has 2 unspecified atom stereocenters. The molecule has 1 aromatic rings. The molecule has 1 aliphatic rings. The van der Waals surface area contributed by atoms with Gasteiger partial charge in [0.15, 0.2) is 0 Å². The lowest BCUT2D eigenvalue weighted by Gasteiger charge is -2.41. The van der Waals surface area contributed by atoms with Gasteiger partial charge in [0.05, 0.1) is 23.4 Å². The van der Waals surface area contributed by atoms with Gasteiger partial charge in [0.25, 0.3) is 0 Å². The van der Waals surface area contributed by atoms with Crippen LogP contribution in [0.2, 0.25) is 0 Å². The van der Waals surface area contributed by atoms with Crippen LogP contribution in [0, 0.1) is 6.92 Å². The maximum atomic E-state index is 5.86. The van der Waals surface area contributed by atoms with E-state index in [0.717, 1.165) is 19.3 Å². The third kappa shape index (κ3) is 2.46. The summed E-state index contributed by atoms with van der Waals surface area (Å²) in [6.07, 6.45) is 3.60. The summed E-state index contributed by atoms with van der Waals surface area (Å²) in [5, 5.41) is 4.76. The van der Waals surface area contributed by atoms with Crippen LogP contribution in [-0.4, -0.2) is 24.2 Å². The second-order valence-electron chi connectivity index (χ2n) is 5.37. The zero-order valence-electron chi connectivity index (χ0n) is 12.0. The van der Waals surface area contributed by atoms with Crippen molar-refractivity contribution in [2.75, 3.05) is 7.05 Å². The number of ether oxygens (including phenoxy) is 1. The Morgan fingerprint density at radius 3 is 2.44 bits per heavy atom. The normalized spacial score (nSPS) is 32.7. The molecule has 0 aliphatic carbocycles. The van der Waals surface area contributed by atoms with Gasteiger partial charge in [0.1, 0.15) is 5.01 Å². The summed E-state index contributed by atoms with van der Waals surface area (Å²) >= 11 is 1.84. The maximum absolute atomic E-state index is 5.86. The highest BCUT2D eigenvalue weighted by Crippen LogP contribution is 2.39. The number of nitrogens with zero attached hydrogens (tertiary/aromatic N) is 1. The van der Waals surface area contributed by atoms with Gasteiger partial charge in [0, 0.05) is 4.88 Å². The molecule has 0 spiro atoms. The molecule has 1 aliphatic heterocycles. The number of nitrogens with one attached hydrogen (secondary N) is 1. The van der Waals surface area contributed by atoms with Crippen LogP contribution in [-0.2, 0) is 16.7 Å². The van der Waals surface area contributed by atoms with Crippen molar-refractivity contribution in [3.63, 3.8) is 0 Å². The Morgan fingerprint density at radius 1 is 1.39 bits per heavy atom. The Hall–Kier alpha value is -0.450. The Bertz CT molecular complexity index is 406. The van der Waals surface area contributed by atoms with Gasteiger partial charge in [-0.15, -0.1) is 11.3 Å². The summed E-state index contributed by atoms with van der Waals surface area (Å²) in [7, 11) is 2.05. The van der Waals surface area contributed by atoms with Crippen molar-refractivity contribution in [3.05, 3.63) is 15.6 Å². The fourth-order valence-corrected chi connectivity index (χ4v) is 4.22. The van der Waals surface area contributed by atoms with Crippen molar-refractivity contribution in [2.24, 2.45) is 0 Å². The summed E-state index contributed by atoms with van der Waals surface area (Å²) in [6.45, 7) is 8.66. The lowest BCUT2D eigenvalue weighted by atomic mass is 9.85. The molecule has 4 heteroatoms. The molecule has 3 nitrogen and oxygen atoms in total. The molecule has 2 atom stereocenters. The van der Waals surface area contributed by atoms with Gasteiger partial charge in [-0.2, -0.15) is 0 Å². The van der Waals surface area contributed by atoms with E-state index in [1.807, 2.05) is 18.4 Å². The van der Waals surface area contributed by atoms with E-state index in [1.165, 1.54) is 15.6 Å². The first-order chi connectivity index (χ1) is 8.50. The van der Waals surface area contributed by atoms with Crippen molar-refractivity contribution in [1.82, 2.24) is 10.3 Å². The summed E-state index contributed by atoms with van der Waals surface area (Å²) in [5.74, 6) is 0. The summed E-state index contributed by atoms with van der Waals surface area (Å²) in [6, 6.07) is 0. The summed E-state index contributed by atoms with van der Waals surface area (Å²) in [5.41, 5.74) is 1.25. The van der Waals surface area contributed by atoms with Crippen molar-refractivity contribution in [3.8, 4) is 0 Å². The summed E-state index contributed by atoms with van der Waals surface area (Å²) < 4.78 is 5.86. The Morgan fingerprint density at radius 2 is 2.00 bits per heavy atom. The van der Waals surface area contributed by atoms with E-state index in [1.54, 1.807) is 0 Å². The standard InChI is InChI=1S/C14H24N2OS/c1-6-12-11(4)18-13(16-12)14(15-5)7-9(2)17-10(3)8-14/h9-10,15H,6-8H2,1-5H3. The van der Waals surface area contributed by atoms with E-state index in [4.69, 9.17) is 9.72 Å². The Balaban J connectivity index is 2.36. The Labute approximate surface area is 114 Å². The number of rotatable bonds is 3. The fourth-order valence-electron chi connectivity index (χ4n) is 3.00. The van der Waals surface area contributed by atoms with E-state index >= 15 is 0 Å². The molecular formula is C14H24N2OS. The quantitative estimate of drug-likeness (QED) is 0.915. The summed E-state index contributed by atoms with van der Waals surface area (Å²) in [4.78, 5) is 6.22. The van der Waals surface area contributed by atoms with Crippen LogP contribution in [0.1, 0.15) is 49.2 Å². The molecule has 0 saturated carbocycles. The molecule has 0 aromatic carbocycles. The highest BCUT2D eigenvalue weighted by Gasteiger charge is 2.41. The van der Waals surface area contributed by atoms with Crippen LogP contribution < -0.4 is 5.32 Å². The number of aryl methyl sites for hydroxylation is 2. The lowest BCUT2D eigenvalue weighted by Crippen LogP contribution is -2.49. The smallest absolute Gasteiger partial charge is 0.113 e. The van der Waals surface area contributed by atoms with E-state index in [9.17, 15) is 0 Å². The van der Waals surface area contributed by atoms with Crippen LogP contribution in [0.3, 0.4) is 0 Å². The number of thiazole rings is 1. The first-order valence-corrected chi connectivity index (χ1v) is 7.63. The number of hydrogen-bond donors (Lipinski definition) is 1. The van der Waals surface area contributed by atoms with Gasteiger partial charge < -0.3 is 10.1 Å². The zero-order chi connectivity index (χ0) is 13.3. The average molecular weight is 268 g/mol. The van der Waals surface area contributed by atoms with Crippen LogP contribution in [0.15, 0.2) is 0 Å². The molecule has 1 saturated heterocycles. The van der Waals surface area contributed by atoms with E-state index < -0.39 is 0 Å². The highest BCUT2D eigenvalue weighted by atomic mass is 32.1. The topological polar surface area (TPSA) is 34.2 Å². The van der Waals surface area contributed by atoms with E-state index in [0.29, 0.717) is 0 Å². The van der Waals surface area contributed by atoms with Crippen molar-refractivity contribution < 1.29 is 4.74 Å². The first kappa shape index (κ1) is 14.0. The third-order valence-corrected chi connectivity index (χ3v) is 5.07. The van der Waals surface area contributed by atoms with Gasteiger partial charge in [-0.1, -0.05) is 6.92 Å². The minimum atomic E-state index is -0.0000694.